The van der Waals surface area contributed by atoms with E-state index in [-0.39, 0.29) is 18.0 Å². The molecule has 0 radical (unpaired) electrons. The number of nitrogens with zero attached hydrogens (tertiary/aromatic N) is 3. The van der Waals surface area contributed by atoms with E-state index in [0.717, 1.165) is 53.5 Å². The van der Waals surface area contributed by atoms with Gasteiger partial charge in [-0.3, -0.25) is 14.7 Å². The molecule has 1 aromatic carbocycles. The molecule has 5 nitrogen and oxygen atoms in total. The first kappa shape index (κ1) is 20.2. The molecule has 2 aliphatic heterocycles. The molecule has 2 aliphatic rings. The maximum Gasteiger partial charge on any atom is 0.255 e. The van der Waals surface area contributed by atoms with Crippen molar-refractivity contribution in [3.8, 4) is 5.75 Å². The van der Waals surface area contributed by atoms with E-state index in [1.54, 1.807) is 13.3 Å². The highest BCUT2D eigenvalue weighted by Crippen LogP contribution is 2.41. The van der Waals surface area contributed by atoms with Crippen LogP contribution in [0.3, 0.4) is 0 Å². The molecule has 1 aromatic heterocycles. The molecule has 1 amide bonds. The number of rotatable bonds is 5. The summed E-state index contributed by atoms with van der Waals surface area (Å²) in [6.07, 6.45) is 3.61. The number of piperazine rings is 1. The highest BCUT2D eigenvalue weighted by molar-refractivity contribution is 6.32. The normalized spacial score (nSPS) is 22.2. The van der Waals surface area contributed by atoms with Gasteiger partial charge in [0.25, 0.3) is 5.91 Å². The van der Waals surface area contributed by atoms with E-state index in [9.17, 15) is 4.79 Å². The number of methoxy groups -OCH3 is 1. The molecule has 3 heterocycles. The first-order valence-corrected chi connectivity index (χ1v) is 10.7. The third-order valence-corrected chi connectivity index (χ3v) is 7.01. The minimum absolute atomic E-state index is 0.0956. The van der Waals surface area contributed by atoms with Gasteiger partial charge in [0.15, 0.2) is 0 Å². The third-order valence-electron chi connectivity index (χ3n) is 6.51. The van der Waals surface area contributed by atoms with E-state index < -0.39 is 0 Å². The summed E-state index contributed by atoms with van der Waals surface area (Å²) in [7, 11) is 1.66. The second-order valence-corrected chi connectivity index (χ2v) is 8.44. The Labute approximate surface area is 177 Å². The van der Waals surface area contributed by atoms with Crippen molar-refractivity contribution >= 4 is 17.5 Å². The molecule has 0 aliphatic carbocycles. The van der Waals surface area contributed by atoms with Crippen LogP contribution in [0.5, 0.6) is 5.75 Å². The van der Waals surface area contributed by atoms with Crippen LogP contribution in [-0.4, -0.2) is 53.0 Å². The fourth-order valence-corrected chi connectivity index (χ4v) is 5.07. The molecule has 0 unspecified atom stereocenters. The Morgan fingerprint density at radius 3 is 2.66 bits per heavy atom. The summed E-state index contributed by atoms with van der Waals surface area (Å²) in [5, 5.41) is 0.773. The molecule has 2 bridgehead atoms. The summed E-state index contributed by atoms with van der Waals surface area (Å²) in [4.78, 5) is 21.9. The first-order chi connectivity index (χ1) is 13.9. The summed E-state index contributed by atoms with van der Waals surface area (Å²) in [6, 6.07) is 8.72. The third kappa shape index (κ3) is 3.51. The Bertz CT molecular complexity index is 915. The van der Waals surface area contributed by atoms with Crippen LogP contribution in [0, 0.1) is 6.92 Å². The summed E-state index contributed by atoms with van der Waals surface area (Å²) in [6.45, 7) is 7.89. The zero-order valence-corrected chi connectivity index (χ0v) is 18.2. The fraction of sp³-hybridized carbons (Fsp3) is 0.478. The number of amides is 1. The number of benzene rings is 1. The Balaban J connectivity index is 1.47. The average Bonchev–Trinajstić information content (AvgIpc) is 3.36. The van der Waals surface area contributed by atoms with Crippen LogP contribution >= 0.6 is 11.6 Å². The predicted molar refractivity (Wildman–Crippen MR) is 115 cm³/mol. The summed E-state index contributed by atoms with van der Waals surface area (Å²) < 4.78 is 5.39. The quantitative estimate of drug-likeness (QED) is 0.734. The van der Waals surface area contributed by atoms with Crippen LogP contribution in [0.2, 0.25) is 5.02 Å². The van der Waals surface area contributed by atoms with Crippen LogP contribution in [-0.2, 0) is 6.42 Å². The largest absolute Gasteiger partial charge is 0.496 e. The number of hydrogen-bond acceptors (Lipinski definition) is 4. The number of carbonyl (C=O) groups excluding carboxylic acids is 1. The van der Waals surface area contributed by atoms with E-state index in [1.807, 2.05) is 30.0 Å². The smallest absolute Gasteiger partial charge is 0.255 e. The molecule has 29 heavy (non-hydrogen) atoms. The van der Waals surface area contributed by atoms with Crippen LogP contribution < -0.4 is 4.74 Å². The van der Waals surface area contributed by atoms with Crippen LogP contribution in [0.1, 0.15) is 53.5 Å². The number of likely N-dealkylation sites (tertiary alicyclic amines) is 2. The molecule has 2 saturated heterocycles. The Hall–Kier alpha value is -2.11. The van der Waals surface area contributed by atoms with Gasteiger partial charge in [0.05, 0.1) is 17.7 Å². The molecule has 4 rings (SSSR count). The van der Waals surface area contributed by atoms with Crippen molar-refractivity contribution in [1.82, 2.24) is 14.8 Å². The Morgan fingerprint density at radius 1 is 1.28 bits per heavy atom. The van der Waals surface area contributed by atoms with E-state index in [4.69, 9.17) is 16.3 Å². The molecule has 3 atom stereocenters. The number of hydrogen-bond donors (Lipinski definition) is 0. The van der Waals surface area contributed by atoms with Gasteiger partial charge in [-0.15, -0.1) is 0 Å². The van der Waals surface area contributed by atoms with Gasteiger partial charge in [0.2, 0.25) is 0 Å². The molecule has 154 valence electrons. The lowest BCUT2D eigenvalue weighted by molar-refractivity contribution is 0.0569. The molecule has 0 spiro atoms. The van der Waals surface area contributed by atoms with Gasteiger partial charge in [-0.1, -0.05) is 24.6 Å². The number of carbonyl (C=O) groups is 1. The molecule has 2 aromatic rings. The van der Waals surface area contributed by atoms with Crippen LogP contribution in [0.4, 0.5) is 0 Å². The van der Waals surface area contributed by atoms with Gasteiger partial charge in [-0.2, -0.15) is 0 Å². The van der Waals surface area contributed by atoms with Gasteiger partial charge in [-0.25, -0.2) is 0 Å². The lowest BCUT2D eigenvalue weighted by Gasteiger charge is -2.38. The maximum absolute atomic E-state index is 13.0. The molecule has 2 fully saturated rings. The number of ether oxygens (including phenoxy) is 1. The van der Waals surface area contributed by atoms with Gasteiger partial charge < -0.3 is 9.64 Å². The second kappa shape index (κ2) is 7.96. The lowest BCUT2D eigenvalue weighted by atomic mass is 10.0. The summed E-state index contributed by atoms with van der Waals surface area (Å²) in [5.41, 5.74) is 3.79. The number of pyridine rings is 1. The highest BCUT2D eigenvalue weighted by Gasteiger charge is 2.47. The Kier molecular flexibility index (Phi) is 5.54. The lowest BCUT2D eigenvalue weighted by Crippen LogP contribution is -2.49. The molecular weight excluding hydrogens is 386 g/mol. The van der Waals surface area contributed by atoms with Crippen LogP contribution in [0.15, 0.2) is 30.5 Å². The van der Waals surface area contributed by atoms with E-state index in [0.29, 0.717) is 11.6 Å². The minimum Gasteiger partial charge on any atom is -0.496 e. The average molecular weight is 414 g/mol. The molecular formula is C23H28ClN3O2. The zero-order chi connectivity index (χ0) is 20.7. The van der Waals surface area contributed by atoms with Crippen molar-refractivity contribution in [1.29, 1.82) is 0 Å². The van der Waals surface area contributed by atoms with Gasteiger partial charge in [0, 0.05) is 48.7 Å². The van der Waals surface area contributed by atoms with Crippen molar-refractivity contribution in [3.63, 3.8) is 0 Å². The molecule has 6 heteroatoms. The maximum atomic E-state index is 13.0. The highest BCUT2D eigenvalue weighted by atomic mass is 35.5. The number of aromatic nitrogens is 1. The monoisotopic (exact) mass is 413 g/mol. The first-order valence-electron chi connectivity index (χ1n) is 10.3. The van der Waals surface area contributed by atoms with Crippen molar-refractivity contribution in [2.24, 2.45) is 0 Å². The zero-order valence-electron chi connectivity index (χ0n) is 17.5. The molecule has 0 N–H and O–H groups in total. The van der Waals surface area contributed by atoms with E-state index >= 15 is 0 Å². The van der Waals surface area contributed by atoms with E-state index in [1.165, 1.54) is 0 Å². The standard InChI is InChI=1S/C23H28ClN3O2/c1-5-17-7-6-16(11-25-17)23(28)27-13-18-10-19(27)12-26(18)15(3)20-8-9-21(29-4)14(2)22(20)24/h6-9,11,15,18-19H,5,10,12-13H2,1-4H3/t15-,18-,19-/m0/s1. The van der Waals surface area contributed by atoms with Crippen LogP contribution in [0.25, 0.3) is 0 Å². The minimum atomic E-state index is 0.0956. The second-order valence-electron chi connectivity index (χ2n) is 8.06. The number of aryl methyl sites for hydroxylation is 1. The van der Waals surface area contributed by atoms with Crippen molar-refractivity contribution in [3.05, 3.63) is 57.9 Å². The van der Waals surface area contributed by atoms with Gasteiger partial charge in [-0.05, 0) is 50.5 Å². The summed E-state index contributed by atoms with van der Waals surface area (Å²) >= 11 is 6.66. The van der Waals surface area contributed by atoms with Crippen molar-refractivity contribution in [2.75, 3.05) is 20.2 Å². The predicted octanol–water partition coefficient (Wildman–Crippen LogP) is 4.27. The number of fused-ring (bicyclic) bond motifs is 2. The van der Waals surface area contributed by atoms with Crippen molar-refractivity contribution < 1.29 is 9.53 Å². The van der Waals surface area contributed by atoms with E-state index in [2.05, 4.69) is 29.8 Å². The Morgan fingerprint density at radius 2 is 2.07 bits per heavy atom. The SMILES string of the molecule is CCc1ccc(C(=O)N2C[C@@H]3C[C@H]2CN3[C@@H](C)c2ccc(OC)c(C)c2Cl)cn1. The van der Waals surface area contributed by atoms with Gasteiger partial charge in [0.1, 0.15) is 5.75 Å². The van der Waals surface area contributed by atoms with Crippen molar-refractivity contribution in [2.45, 2.75) is 51.7 Å². The molecule has 0 saturated carbocycles. The van der Waals surface area contributed by atoms with Gasteiger partial charge >= 0.3 is 0 Å². The topological polar surface area (TPSA) is 45.7 Å². The summed E-state index contributed by atoms with van der Waals surface area (Å²) in [5.74, 6) is 0.909. The number of halogens is 1. The fourth-order valence-electron chi connectivity index (χ4n) is 4.76.